The molecule has 2 rings (SSSR count). The highest BCUT2D eigenvalue weighted by Crippen LogP contribution is 2.12. The van der Waals surface area contributed by atoms with Crippen LogP contribution in [-0.4, -0.2) is 18.6 Å². The van der Waals surface area contributed by atoms with Gasteiger partial charge in [0.2, 0.25) is 10.0 Å². The number of aromatic nitrogens is 2. The van der Waals surface area contributed by atoms with Gasteiger partial charge >= 0.3 is 0 Å². The highest BCUT2D eigenvalue weighted by atomic mass is 32.2. The van der Waals surface area contributed by atoms with Crippen LogP contribution in [0.5, 0.6) is 0 Å². The fourth-order valence-corrected chi connectivity index (χ4v) is 2.38. The topological polar surface area (TPSA) is 101 Å². The molecule has 7 heteroatoms. The minimum atomic E-state index is -3.54. The van der Waals surface area contributed by atoms with Gasteiger partial charge in [0.05, 0.1) is 17.1 Å². The van der Waals surface area contributed by atoms with Crippen molar-refractivity contribution in [2.24, 2.45) is 0 Å². The highest BCUT2D eigenvalue weighted by molar-refractivity contribution is 7.89. The van der Waals surface area contributed by atoms with Crippen LogP contribution in [0.2, 0.25) is 0 Å². The van der Waals surface area contributed by atoms with Crippen molar-refractivity contribution >= 4 is 15.7 Å². The number of nitrogens with one attached hydrogen (secondary N) is 2. The van der Waals surface area contributed by atoms with E-state index in [9.17, 15) is 8.42 Å². The van der Waals surface area contributed by atoms with Crippen LogP contribution in [-0.2, 0) is 16.6 Å². The number of nitrogens with two attached hydrogens (primary N) is 1. The molecule has 0 aliphatic carbocycles. The molecule has 0 fully saturated rings. The normalized spacial score (nSPS) is 11.5. The lowest BCUT2D eigenvalue weighted by molar-refractivity contribution is 0.580. The van der Waals surface area contributed by atoms with Crippen molar-refractivity contribution < 1.29 is 8.42 Å². The summed E-state index contributed by atoms with van der Waals surface area (Å²) in [5, 5.41) is 6.40. The lowest BCUT2D eigenvalue weighted by Gasteiger charge is -2.06. The molecule has 17 heavy (non-hydrogen) atoms. The summed E-state index contributed by atoms with van der Waals surface area (Å²) in [6.45, 7) is 0.164. The number of H-pyrrole nitrogens is 1. The maximum absolute atomic E-state index is 11.9. The number of anilines is 1. The molecule has 0 bridgehead atoms. The lowest BCUT2D eigenvalue weighted by Crippen LogP contribution is -2.23. The Balaban J connectivity index is 2.14. The van der Waals surface area contributed by atoms with E-state index in [1.165, 1.54) is 12.1 Å². The fraction of sp³-hybridized carbons (Fsp3) is 0.100. The van der Waals surface area contributed by atoms with Crippen LogP contribution in [0.4, 0.5) is 5.69 Å². The first-order valence-corrected chi connectivity index (χ1v) is 6.40. The molecule has 90 valence electrons. The van der Waals surface area contributed by atoms with Crippen molar-refractivity contribution in [3.63, 3.8) is 0 Å². The summed E-state index contributed by atoms with van der Waals surface area (Å²) in [7, 11) is -3.54. The quantitative estimate of drug-likeness (QED) is 0.688. The van der Waals surface area contributed by atoms with Crippen molar-refractivity contribution in [1.29, 1.82) is 0 Å². The van der Waals surface area contributed by atoms with Gasteiger partial charge < -0.3 is 5.73 Å². The Bertz CT molecular complexity index is 593. The second kappa shape index (κ2) is 4.56. The molecule has 1 aromatic carbocycles. The molecule has 1 heterocycles. The summed E-state index contributed by atoms with van der Waals surface area (Å²) >= 11 is 0. The first kappa shape index (κ1) is 11.6. The second-order valence-electron chi connectivity index (χ2n) is 3.48. The van der Waals surface area contributed by atoms with E-state index in [2.05, 4.69) is 14.9 Å². The van der Waals surface area contributed by atoms with Crippen LogP contribution in [0.3, 0.4) is 0 Å². The van der Waals surface area contributed by atoms with Gasteiger partial charge in [-0.1, -0.05) is 6.07 Å². The Morgan fingerprint density at radius 2 is 2.18 bits per heavy atom. The first-order chi connectivity index (χ1) is 8.08. The van der Waals surface area contributed by atoms with Gasteiger partial charge in [0, 0.05) is 11.9 Å². The summed E-state index contributed by atoms with van der Waals surface area (Å²) in [6, 6.07) is 7.83. The van der Waals surface area contributed by atoms with Crippen molar-refractivity contribution in [3.05, 3.63) is 42.2 Å². The number of rotatable bonds is 4. The van der Waals surface area contributed by atoms with Crippen LogP contribution < -0.4 is 10.5 Å². The molecule has 1 aromatic heterocycles. The highest BCUT2D eigenvalue weighted by Gasteiger charge is 2.13. The van der Waals surface area contributed by atoms with Crippen molar-refractivity contribution in [1.82, 2.24) is 14.9 Å². The van der Waals surface area contributed by atoms with Gasteiger partial charge in [-0.05, 0) is 24.3 Å². The van der Waals surface area contributed by atoms with Gasteiger partial charge in [0.1, 0.15) is 0 Å². The third-order valence-electron chi connectivity index (χ3n) is 2.18. The predicted molar refractivity (Wildman–Crippen MR) is 63.5 cm³/mol. The molecule has 6 nitrogen and oxygen atoms in total. The maximum Gasteiger partial charge on any atom is 0.240 e. The predicted octanol–water partition coefficient (Wildman–Crippen LogP) is 0.470. The van der Waals surface area contributed by atoms with Gasteiger partial charge in [-0.15, -0.1) is 0 Å². The van der Waals surface area contributed by atoms with Gasteiger partial charge in [0.25, 0.3) is 0 Å². The minimum Gasteiger partial charge on any atom is -0.399 e. The summed E-state index contributed by atoms with van der Waals surface area (Å²) < 4.78 is 26.2. The third-order valence-corrected chi connectivity index (χ3v) is 3.58. The Morgan fingerprint density at radius 1 is 1.35 bits per heavy atom. The van der Waals surface area contributed by atoms with Gasteiger partial charge in [0.15, 0.2) is 0 Å². The molecule has 0 amide bonds. The Morgan fingerprint density at radius 3 is 2.82 bits per heavy atom. The van der Waals surface area contributed by atoms with Crippen molar-refractivity contribution in [2.75, 3.05) is 5.73 Å². The van der Waals surface area contributed by atoms with E-state index in [-0.39, 0.29) is 11.4 Å². The molecule has 0 unspecified atom stereocenters. The van der Waals surface area contributed by atoms with E-state index in [1.807, 2.05) is 0 Å². The molecular weight excluding hydrogens is 240 g/mol. The molecule has 0 radical (unpaired) electrons. The van der Waals surface area contributed by atoms with Crippen LogP contribution in [0, 0.1) is 0 Å². The maximum atomic E-state index is 11.9. The molecule has 0 aliphatic rings. The lowest BCUT2D eigenvalue weighted by atomic mass is 10.3. The molecule has 0 aliphatic heterocycles. The van der Waals surface area contributed by atoms with Crippen LogP contribution in [0.25, 0.3) is 0 Å². The zero-order chi connectivity index (χ0) is 12.3. The number of benzene rings is 1. The van der Waals surface area contributed by atoms with E-state index in [0.29, 0.717) is 11.4 Å². The third kappa shape index (κ3) is 2.83. The number of nitrogens with zero attached hydrogens (tertiary/aromatic N) is 1. The van der Waals surface area contributed by atoms with Crippen molar-refractivity contribution in [2.45, 2.75) is 11.4 Å². The summed E-state index contributed by atoms with van der Waals surface area (Å²) in [5.74, 6) is 0. The molecule has 0 spiro atoms. The van der Waals surface area contributed by atoms with E-state index >= 15 is 0 Å². The first-order valence-electron chi connectivity index (χ1n) is 4.91. The minimum absolute atomic E-state index is 0.150. The Hall–Kier alpha value is -1.86. The standard InChI is InChI=1S/C10H12N4O2S/c11-8-2-1-3-10(6-8)17(15,16)13-7-9-4-5-12-14-9/h1-6,13H,7,11H2,(H,12,14). The number of aromatic amines is 1. The van der Waals surface area contributed by atoms with Gasteiger partial charge in [-0.3, -0.25) is 5.10 Å². The number of hydrogen-bond acceptors (Lipinski definition) is 4. The van der Waals surface area contributed by atoms with E-state index in [4.69, 9.17) is 5.73 Å². The number of nitrogen functional groups attached to an aromatic ring is 1. The van der Waals surface area contributed by atoms with Gasteiger partial charge in [-0.2, -0.15) is 5.10 Å². The average Bonchev–Trinajstić information content (AvgIpc) is 2.79. The Labute approximate surface area is 98.9 Å². The van der Waals surface area contributed by atoms with Crippen LogP contribution in [0.1, 0.15) is 5.69 Å². The molecule has 0 atom stereocenters. The smallest absolute Gasteiger partial charge is 0.240 e. The van der Waals surface area contributed by atoms with Crippen LogP contribution in [0.15, 0.2) is 41.4 Å². The van der Waals surface area contributed by atoms with Crippen LogP contribution >= 0.6 is 0 Å². The molecule has 0 saturated carbocycles. The van der Waals surface area contributed by atoms with Crippen molar-refractivity contribution in [3.8, 4) is 0 Å². The molecule has 4 N–H and O–H groups in total. The number of sulfonamides is 1. The second-order valence-corrected chi connectivity index (χ2v) is 5.25. The van der Waals surface area contributed by atoms with Gasteiger partial charge in [-0.25, -0.2) is 13.1 Å². The molecule has 2 aromatic rings. The zero-order valence-corrected chi connectivity index (χ0v) is 9.74. The Kier molecular flexibility index (Phi) is 3.12. The van der Waals surface area contributed by atoms with E-state index < -0.39 is 10.0 Å². The zero-order valence-electron chi connectivity index (χ0n) is 8.92. The fourth-order valence-electron chi connectivity index (χ4n) is 1.32. The monoisotopic (exact) mass is 252 g/mol. The summed E-state index contributed by atoms with van der Waals surface area (Å²) in [6.07, 6.45) is 1.56. The SMILES string of the molecule is Nc1cccc(S(=O)(=O)NCc2ccn[nH]2)c1. The average molecular weight is 252 g/mol. The molecular formula is C10H12N4O2S. The van der Waals surface area contributed by atoms with E-state index in [1.54, 1.807) is 24.4 Å². The molecule has 0 saturated heterocycles. The summed E-state index contributed by atoms with van der Waals surface area (Å²) in [4.78, 5) is 0.150. The number of hydrogen-bond donors (Lipinski definition) is 3. The summed E-state index contributed by atoms with van der Waals surface area (Å²) in [5.41, 5.74) is 6.64. The van der Waals surface area contributed by atoms with E-state index in [0.717, 1.165) is 0 Å². The largest absolute Gasteiger partial charge is 0.399 e.